The Hall–Kier alpha value is -2.63. The minimum Gasteiger partial charge on any atom is -0.462 e. The molecule has 0 aromatic heterocycles. The molecule has 0 aromatic carbocycles. The standard InChI is InChI=1S/C53H94O6/c1-4-7-10-13-16-19-22-25-27-29-31-34-37-40-43-46-52(55)58-49-50(48-57-51(54)45-42-39-36-33-30-24-21-18-15-12-9-6-3)59-53(56)47-44-41-38-35-32-28-26-23-20-17-14-11-8-5-2/h9,12,18-19,21-22,28,32,50H,4-8,10-11,13-17,20,23-27,29-31,33-49H2,1-3H3/b12-9-,21-18-,22-19-,32-28-. The summed E-state index contributed by atoms with van der Waals surface area (Å²) in [5.74, 6) is -0.917. The second-order valence-corrected chi connectivity index (χ2v) is 16.7. The third-order valence-electron chi connectivity index (χ3n) is 10.8. The molecule has 0 radical (unpaired) electrons. The first-order chi connectivity index (χ1) is 29.0. The van der Waals surface area contributed by atoms with Gasteiger partial charge >= 0.3 is 17.9 Å². The van der Waals surface area contributed by atoms with Gasteiger partial charge in [0, 0.05) is 19.3 Å². The Morgan fingerprint density at radius 1 is 0.356 bits per heavy atom. The predicted molar refractivity (Wildman–Crippen MR) is 252 cm³/mol. The smallest absolute Gasteiger partial charge is 0.306 e. The molecule has 59 heavy (non-hydrogen) atoms. The average Bonchev–Trinajstić information content (AvgIpc) is 3.23. The van der Waals surface area contributed by atoms with E-state index < -0.39 is 6.10 Å². The Bertz CT molecular complexity index is 1040. The van der Waals surface area contributed by atoms with Gasteiger partial charge in [0.15, 0.2) is 6.10 Å². The predicted octanol–water partition coefficient (Wildman–Crippen LogP) is 16.3. The molecule has 0 N–H and O–H groups in total. The molecule has 1 atom stereocenters. The molecule has 342 valence electrons. The van der Waals surface area contributed by atoms with Crippen LogP contribution in [-0.2, 0) is 28.6 Å². The number of unbranched alkanes of at least 4 members (excludes halogenated alkanes) is 26. The van der Waals surface area contributed by atoms with Crippen molar-refractivity contribution in [2.75, 3.05) is 13.2 Å². The minimum absolute atomic E-state index is 0.0854. The molecule has 0 saturated carbocycles. The lowest BCUT2D eigenvalue weighted by molar-refractivity contribution is -0.167. The second kappa shape index (κ2) is 48.0. The Labute approximate surface area is 365 Å². The van der Waals surface area contributed by atoms with Gasteiger partial charge < -0.3 is 14.2 Å². The van der Waals surface area contributed by atoms with E-state index >= 15 is 0 Å². The fourth-order valence-electron chi connectivity index (χ4n) is 7.00. The van der Waals surface area contributed by atoms with E-state index in [0.29, 0.717) is 19.3 Å². The van der Waals surface area contributed by atoms with E-state index in [9.17, 15) is 14.4 Å². The van der Waals surface area contributed by atoms with Gasteiger partial charge in [-0.1, -0.05) is 185 Å². The van der Waals surface area contributed by atoms with Crippen LogP contribution in [0.4, 0.5) is 0 Å². The molecule has 0 saturated heterocycles. The molecule has 0 fully saturated rings. The largest absolute Gasteiger partial charge is 0.462 e. The van der Waals surface area contributed by atoms with Crippen molar-refractivity contribution >= 4 is 17.9 Å². The van der Waals surface area contributed by atoms with Crippen molar-refractivity contribution in [3.05, 3.63) is 48.6 Å². The lowest BCUT2D eigenvalue weighted by atomic mass is 10.1. The van der Waals surface area contributed by atoms with Crippen molar-refractivity contribution in [2.24, 2.45) is 0 Å². The monoisotopic (exact) mass is 827 g/mol. The van der Waals surface area contributed by atoms with Crippen molar-refractivity contribution in [3.8, 4) is 0 Å². The zero-order valence-corrected chi connectivity index (χ0v) is 39.0. The Morgan fingerprint density at radius 3 is 1.07 bits per heavy atom. The van der Waals surface area contributed by atoms with Gasteiger partial charge in [-0.2, -0.15) is 0 Å². The van der Waals surface area contributed by atoms with Crippen molar-refractivity contribution in [2.45, 2.75) is 258 Å². The summed E-state index contributed by atoms with van der Waals surface area (Å²) in [5.41, 5.74) is 0. The first-order valence-corrected chi connectivity index (χ1v) is 25.1. The molecule has 0 rings (SSSR count). The van der Waals surface area contributed by atoms with Crippen molar-refractivity contribution in [3.63, 3.8) is 0 Å². The minimum atomic E-state index is -0.786. The molecule has 6 nitrogen and oxygen atoms in total. The summed E-state index contributed by atoms with van der Waals surface area (Å²) in [5, 5.41) is 0. The van der Waals surface area contributed by atoms with Gasteiger partial charge in [-0.3, -0.25) is 14.4 Å². The lowest BCUT2D eigenvalue weighted by Crippen LogP contribution is -2.30. The second-order valence-electron chi connectivity index (χ2n) is 16.7. The highest BCUT2D eigenvalue weighted by atomic mass is 16.6. The maximum atomic E-state index is 12.8. The van der Waals surface area contributed by atoms with Crippen LogP contribution in [0.3, 0.4) is 0 Å². The van der Waals surface area contributed by atoms with E-state index in [0.717, 1.165) is 103 Å². The van der Waals surface area contributed by atoms with Gasteiger partial charge in [-0.05, 0) is 96.3 Å². The summed E-state index contributed by atoms with van der Waals surface area (Å²) in [6.45, 7) is 6.49. The summed E-state index contributed by atoms with van der Waals surface area (Å²) in [4.78, 5) is 37.9. The molecule has 1 unspecified atom stereocenters. The van der Waals surface area contributed by atoms with Crippen LogP contribution in [0.15, 0.2) is 48.6 Å². The first-order valence-electron chi connectivity index (χ1n) is 25.1. The van der Waals surface area contributed by atoms with Crippen LogP contribution < -0.4 is 0 Å². The van der Waals surface area contributed by atoms with Crippen molar-refractivity contribution in [1.29, 1.82) is 0 Å². The quantitative estimate of drug-likeness (QED) is 0.0263. The maximum absolute atomic E-state index is 12.8. The number of allylic oxidation sites excluding steroid dienone is 8. The van der Waals surface area contributed by atoms with E-state index in [1.807, 2.05) is 0 Å². The summed E-state index contributed by atoms with van der Waals surface area (Å²) in [7, 11) is 0. The molecule has 0 spiro atoms. The number of esters is 3. The van der Waals surface area contributed by atoms with Crippen LogP contribution in [0.5, 0.6) is 0 Å². The van der Waals surface area contributed by atoms with Crippen LogP contribution in [0, 0.1) is 0 Å². The molecule has 0 aliphatic rings. The number of carbonyl (C=O) groups is 3. The van der Waals surface area contributed by atoms with Gasteiger partial charge in [-0.15, -0.1) is 0 Å². The highest BCUT2D eigenvalue weighted by molar-refractivity contribution is 5.71. The third kappa shape index (κ3) is 46.3. The van der Waals surface area contributed by atoms with Gasteiger partial charge in [0.05, 0.1) is 0 Å². The first kappa shape index (κ1) is 56.4. The summed E-state index contributed by atoms with van der Waals surface area (Å²) in [6, 6.07) is 0. The van der Waals surface area contributed by atoms with Gasteiger partial charge in [-0.25, -0.2) is 0 Å². The number of carbonyl (C=O) groups excluding carboxylic acids is 3. The number of hydrogen-bond acceptors (Lipinski definition) is 6. The highest BCUT2D eigenvalue weighted by Crippen LogP contribution is 2.14. The Balaban J connectivity index is 4.40. The highest BCUT2D eigenvalue weighted by Gasteiger charge is 2.19. The summed E-state index contributed by atoms with van der Waals surface area (Å²) in [6.07, 6.45) is 56.6. The Morgan fingerprint density at radius 2 is 0.661 bits per heavy atom. The van der Waals surface area contributed by atoms with Crippen molar-refractivity contribution < 1.29 is 28.6 Å². The zero-order valence-electron chi connectivity index (χ0n) is 39.0. The van der Waals surface area contributed by atoms with E-state index in [-0.39, 0.29) is 31.1 Å². The van der Waals surface area contributed by atoms with Crippen LogP contribution in [0.25, 0.3) is 0 Å². The Kier molecular flexibility index (Phi) is 45.9. The number of hydrogen-bond donors (Lipinski definition) is 0. The average molecular weight is 827 g/mol. The molecule has 0 aromatic rings. The fraction of sp³-hybridized carbons (Fsp3) is 0.792. The molecular formula is C53H94O6. The SMILES string of the molecule is CC/C=C\C/C=C\CCCCCCCC(=O)OCC(COC(=O)CCCCCCCCC/C=C\CCCCCC)OC(=O)CCCCC/C=C\CCCCCCCCC. The molecule has 6 heteroatoms. The van der Waals surface area contributed by atoms with E-state index in [1.165, 1.54) is 109 Å². The van der Waals surface area contributed by atoms with Crippen LogP contribution in [0.2, 0.25) is 0 Å². The zero-order chi connectivity index (χ0) is 43.0. The van der Waals surface area contributed by atoms with Gasteiger partial charge in [0.2, 0.25) is 0 Å². The normalized spacial score (nSPS) is 12.4. The summed E-state index contributed by atoms with van der Waals surface area (Å²) < 4.78 is 16.7. The van der Waals surface area contributed by atoms with Crippen LogP contribution in [-0.4, -0.2) is 37.2 Å². The topological polar surface area (TPSA) is 78.9 Å². The third-order valence-corrected chi connectivity index (χ3v) is 10.8. The van der Waals surface area contributed by atoms with E-state index in [4.69, 9.17) is 14.2 Å². The van der Waals surface area contributed by atoms with Crippen molar-refractivity contribution in [1.82, 2.24) is 0 Å². The lowest BCUT2D eigenvalue weighted by Gasteiger charge is -2.18. The maximum Gasteiger partial charge on any atom is 0.306 e. The molecule has 0 aliphatic carbocycles. The number of ether oxygens (including phenoxy) is 3. The van der Waals surface area contributed by atoms with E-state index in [2.05, 4.69) is 69.4 Å². The molecule has 0 heterocycles. The molecule has 0 bridgehead atoms. The van der Waals surface area contributed by atoms with Crippen LogP contribution >= 0.6 is 0 Å². The summed E-state index contributed by atoms with van der Waals surface area (Å²) >= 11 is 0. The van der Waals surface area contributed by atoms with Gasteiger partial charge in [0.25, 0.3) is 0 Å². The molecule has 0 aliphatic heterocycles. The number of rotatable bonds is 45. The van der Waals surface area contributed by atoms with Gasteiger partial charge in [0.1, 0.15) is 13.2 Å². The molecule has 0 amide bonds. The fourth-order valence-corrected chi connectivity index (χ4v) is 7.00. The van der Waals surface area contributed by atoms with Crippen LogP contribution in [0.1, 0.15) is 252 Å². The van der Waals surface area contributed by atoms with E-state index in [1.54, 1.807) is 0 Å². The molecular weight excluding hydrogens is 733 g/mol.